The Hall–Kier alpha value is -2.22. The van der Waals surface area contributed by atoms with Gasteiger partial charge in [0.2, 0.25) is 0 Å². The van der Waals surface area contributed by atoms with Crippen molar-refractivity contribution in [1.29, 1.82) is 0 Å². The minimum atomic E-state index is 0.734. The molecule has 5 rings (SSSR count). The van der Waals surface area contributed by atoms with E-state index >= 15 is 0 Å². The highest BCUT2D eigenvalue weighted by atomic mass is 35.5. The molecule has 1 fully saturated rings. The van der Waals surface area contributed by atoms with Gasteiger partial charge in [-0.25, -0.2) is 9.97 Å². The molecule has 0 bridgehead atoms. The fourth-order valence-electron chi connectivity index (χ4n) is 3.93. The van der Waals surface area contributed by atoms with Gasteiger partial charge < -0.3 is 9.80 Å². The van der Waals surface area contributed by atoms with Crippen LogP contribution >= 0.6 is 34.7 Å². The van der Waals surface area contributed by atoms with Crippen LogP contribution in [0.2, 0.25) is 5.02 Å². The number of hydrogen-bond donors (Lipinski definition) is 0. The molecule has 0 aliphatic carbocycles. The van der Waals surface area contributed by atoms with Crippen molar-refractivity contribution in [3.8, 4) is 11.3 Å². The highest BCUT2D eigenvalue weighted by Gasteiger charge is 2.20. The van der Waals surface area contributed by atoms with E-state index in [1.54, 1.807) is 11.3 Å². The highest BCUT2D eigenvalue weighted by Crippen LogP contribution is 2.34. The molecule has 0 amide bonds. The summed E-state index contributed by atoms with van der Waals surface area (Å²) in [6.07, 6.45) is 3.10. The first-order valence-electron chi connectivity index (χ1n) is 10.4. The van der Waals surface area contributed by atoms with E-state index in [1.807, 2.05) is 36.0 Å². The van der Waals surface area contributed by atoms with Crippen LogP contribution in [0.5, 0.6) is 0 Å². The number of nitrogens with zero attached hydrogens (tertiary/aromatic N) is 5. The molecule has 0 unspecified atom stereocenters. The normalized spacial score (nSPS) is 14.4. The number of rotatable bonds is 5. The maximum absolute atomic E-state index is 6.04. The van der Waals surface area contributed by atoms with Crippen molar-refractivity contribution in [1.82, 2.24) is 14.4 Å². The largest absolute Gasteiger partial charge is 0.369 e. The fourth-order valence-corrected chi connectivity index (χ4v) is 5.76. The molecular weight excluding hydrogens is 446 g/mol. The van der Waals surface area contributed by atoms with Gasteiger partial charge in [-0.2, -0.15) is 11.8 Å². The minimum absolute atomic E-state index is 0.734. The average molecular weight is 470 g/mol. The van der Waals surface area contributed by atoms with E-state index in [2.05, 4.69) is 51.9 Å². The number of benzene rings is 1. The lowest BCUT2D eigenvalue weighted by molar-refractivity contribution is 0.852. The first-order chi connectivity index (χ1) is 15.1. The lowest BCUT2D eigenvalue weighted by Crippen LogP contribution is -2.32. The quantitative estimate of drug-likeness (QED) is 0.358. The van der Waals surface area contributed by atoms with Gasteiger partial charge in [0.25, 0.3) is 0 Å². The SMILES string of the molecule is CCc1nc2ccc(N3CCSCC3)cn2c1N(C)c1nc(-c2ccc(Cl)cc2)cs1. The second-order valence-electron chi connectivity index (χ2n) is 7.53. The maximum atomic E-state index is 6.04. The molecule has 3 aromatic heterocycles. The summed E-state index contributed by atoms with van der Waals surface area (Å²) in [5.41, 5.74) is 5.34. The summed E-state index contributed by atoms with van der Waals surface area (Å²) in [6, 6.07) is 12.2. The third kappa shape index (κ3) is 4.02. The van der Waals surface area contributed by atoms with E-state index in [4.69, 9.17) is 21.6 Å². The van der Waals surface area contributed by atoms with E-state index in [0.717, 1.165) is 58.1 Å². The smallest absolute Gasteiger partial charge is 0.191 e. The van der Waals surface area contributed by atoms with E-state index < -0.39 is 0 Å². The van der Waals surface area contributed by atoms with E-state index in [1.165, 1.54) is 17.2 Å². The molecule has 8 heteroatoms. The summed E-state index contributed by atoms with van der Waals surface area (Å²) in [4.78, 5) is 14.4. The van der Waals surface area contributed by atoms with Crippen molar-refractivity contribution in [2.24, 2.45) is 0 Å². The van der Waals surface area contributed by atoms with Crippen molar-refractivity contribution in [3.05, 3.63) is 58.7 Å². The number of aromatic nitrogens is 3. The summed E-state index contributed by atoms with van der Waals surface area (Å²) in [7, 11) is 2.08. The maximum Gasteiger partial charge on any atom is 0.191 e. The zero-order chi connectivity index (χ0) is 21.4. The third-order valence-corrected chi connectivity index (χ3v) is 7.71. The molecule has 0 spiro atoms. The van der Waals surface area contributed by atoms with Gasteiger partial charge in [0.15, 0.2) is 5.13 Å². The number of aryl methyl sites for hydroxylation is 1. The molecule has 1 aliphatic rings. The predicted octanol–water partition coefficient (Wildman–Crippen LogP) is 5.99. The van der Waals surface area contributed by atoms with E-state index in [-0.39, 0.29) is 0 Å². The highest BCUT2D eigenvalue weighted by molar-refractivity contribution is 7.99. The van der Waals surface area contributed by atoms with Gasteiger partial charge in [-0.1, -0.05) is 30.7 Å². The number of imidazole rings is 1. The lowest BCUT2D eigenvalue weighted by Gasteiger charge is -2.28. The number of pyridine rings is 1. The zero-order valence-electron chi connectivity index (χ0n) is 17.6. The first kappa shape index (κ1) is 20.7. The van der Waals surface area contributed by atoms with Crippen molar-refractivity contribution in [2.75, 3.05) is 41.4 Å². The number of thioether (sulfide) groups is 1. The molecule has 4 heterocycles. The molecule has 0 N–H and O–H groups in total. The second-order valence-corrected chi connectivity index (χ2v) is 10.0. The summed E-state index contributed by atoms with van der Waals surface area (Å²) >= 11 is 9.71. The van der Waals surface area contributed by atoms with Crippen molar-refractivity contribution < 1.29 is 0 Å². The Labute approximate surface area is 195 Å². The second kappa shape index (κ2) is 8.73. The Morgan fingerprint density at radius 1 is 1.06 bits per heavy atom. The van der Waals surface area contributed by atoms with Gasteiger partial charge in [0, 0.05) is 53.8 Å². The Morgan fingerprint density at radius 3 is 2.58 bits per heavy atom. The third-order valence-electron chi connectivity index (χ3n) is 5.59. The Balaban J connectivity index is 1.53. The predicted molar refractivity (Wildman–Crippen MR) is 135 cm³/mol. The van der Waals surface area contributed by atoms with Crippen LogP contribution in [0.1, 0.15) is 12.6 Å². The molecule has 160 valence electrons. The number of fused-ring (bicyclic) bond motifs is 1. The molecule has 0 atom stereocenters. The lowest BCUT2D eigenvalue weighted by atomic mass is 10.2. The Bertz CT molecular complexity index is 1190. The van der Waals surface area contributed by atoms with Crippen LogP contribution in [0.25, 0.3) is 16.9 Å². The molecular formula is C23H24ClN5S2. The van der Waals surface area contributed by atoms with Crippen LogP contribution in [0.15, 0.2) is 48.0 Å². The minimum Gasteiger partial charge on any atom is -0.369 e. The molecule has 1 aliphatic heterocycles. The molecule has 1 saturated heterocycles. The van der Waals surface area contributed by atoms with E-state index in [9.17, 15) is 0 Å². The number of halogens is 1. The van der Waals surface area contributed by atoms with Gasteiger partial charge in [-0.05, 0) is 30.7 Å². The van der Waals surface area contributed by atoms with Crippen molar-refractivity contribution >= 4 is 57.0 Å². The fraction of sp³-hybridized carbons (Fsp3) is 0.304. The van der Waals surface area contributed by atoms with Gasteiger partial charge >= 0.3 is 0 Å². The summed E-state index contributed by atoms with van der Waals surface area (Å²) < 4.78 is 2.22. The summed E-state index contributed by atoms with van der Waals surface area (Å²) in [6.45, 7) is 4.34. The standard InChI is InChI=1S/C23H24ClN5S2/c1-3-19-22(27(2)23-26-20(15-31-23)16-4-6-17(24)7-5-16)29-14-18(8-9-21(29)25-19)28-10-12-30-13-11-28/h4-9,14-15H,3,10-13H2,1-2H3. The van der Waals surface area contributed by atoms with Gasteiger partial charge in [0.1, 0.15) is 11.5 Å². The average Bonchev–Trinajstić information content (AvgIpc) is 3.44. The Morgan fingerprint density at radius 2 is 1.84 bits per heavy atom. The van der Waals surface area contributed by atoms with Gasteiger partial charge in [0.05, 0.1) is 17.1 Å². The number of thiazole rings is 1. The van der Waals surface area contributed by atoms with Crippen LogP contribution in [0, 0.1) is 0 Å². The molecule has 31 heavy (non-hydrogen) atoms. The zero-order valence-corrected chi connectivity index (χ0v) is 20.0. The molecule has 5 nitrogen and oxygen atoms in total. The van der Waals surface area contributed by atoms with Crippen LogP contribution in [-0.2, 0) is 6.42 Å². The van der Waals surface area contributed by atoms with Crippen molar-refractivity contribution in [2.45, 2.75) is 13.3 Å². The molecule has 0 saturated carbocycles. The molecule has 1 aromatic carbocycles. The number of anilines is 3. The van der Waals surface area contributed by atoms with Crippen molar-refractivity contribution in [3.63, 3.8) is 0 Å². The van der Waals surface area contributed by atoms with Crippen LogP contribution in [0.3, 0.4) is 0 Å². The van der Waals surface area contributed by atoms with E-state index in [0.29, 0.717) is 0 Å². The first-order valence-corrected chi connectivity index (χ1v) is 12.8. The number of hydrogen-bond acceptors (Lipinski definition) is 6. The Kier molecular flexibility index (Phi) is 5.82. The van der Waals surface area contributed by atoms with Crippen LogP contribution in [0.4, 0.5) is 16.6 Å². The molecule has 4 aromatic rings. The monoisotopic (exact) mass is 469 g/mol. The van der Waals surface area contributed by atoms with Gasteiger partial charge in [-0.3, -0.25) is 4.40 Å². The van der Waals surface area contributed by atoms with Gasteiger partial charge in [-0.15, -0.1) is 11.3 Å². The molecule has 0 radical (unpaired) electrons. The topological polar surface area (TPSA) is 36.7 Å². The summed E-state index contributed by atoms with van der Waals surface area (Å²) in [5, 5.41) is 3.78. The summed E-state index contributed by atoms with van der Waals surface area (Å²) in [5.74, 6) is 3.45. The van der Waals surface area contributed by atoms with Crippen LogP contribution in [-0.4, -0.2) is 46.0 Å². The van der Waals surface area contributed by atoms with Crippen LogP contribution < -0.4 is 9.80 Å².